The first-order chi connectivity index (χ1) is 9.24. The molecule has 3 atom stereocenters. The smallest absolute Gasteiger partial charge is 0.230 e. The van der Waals surface area contributed by atoms with E-state index in [0.717, 1.165) is 38.2 Å². The molecule has 0 aliphatic carbocycles. The molecule has 3 unspecified atom stereocenters. The normalized spacial score (nSPS) is 30.4. The summed E-state index contributed by atoms with van der Waals surface area (Å²) in [5.74, 6) is 1.70. The van der Waals surface area contributed by atoms with Crippen molar-refractivity contribution in [3.8, 4) is 0 Å². The number of ether oxygens (including phenoxy) is 1. The third-order valence-electron chi connectivity index (χ3n) is 3.80. The van der Waals surface area contributed by atoms with Crippen molar-refractivity contribution < 1.29 is 9.53 Å². The number of hydrogen-bond acceptors (Lipinski definition) is 4. The van der Waals surface area contributed by atoms with Crippen molar-refractivity contribution in [1.29, 1.82) is 0 Å². The van der Waals surface area contributed by atoms with Gasteiger partial charge in [-0.05, 0) is 45.6 Å². The minimum Gasteiger partial charge on any atom is -0.377 e. The van der Waals surface area contributed by atoms with Crippen LogP contribution in [0.5, 0.6) is 0 Å². The van der Waals surface area contributed by atoms with E-state index in [4.69, 9.17) is 4.74 Å². The van der Waals surface area contributed by atoms with Crippen molar-refractivity contribution in [2.24, 2.45) is 0 Å². The van der Waals surface area contributed by atoms with Crippen molar-refractivity contribution in [2.75, 3.05) is 24.7 Å². The fraction of sp³-hybridized carbons (Fsp3) is 0.929. The van der Waals surface area contributed by atoms with E-state index >= 15 is 0 Å². The minimum atomic E-state index is 0. The van der Waals surface area contributed by atoms with Gasteiger partial charge in [0.1, 0.15) is 0 Å². The summed E-state index contributed by atoms with van der Waals surface area (Å²) in [6, 6.07) is 0.873. The molecule has 0 bridgehead atoms. The van der Waals surface area contributed by atoms with Crippen LogP contribution in [0.4, 0.5) is 0 Å². The molecule has 4 nitrogen and oxygen atoms in total. The predicted octanol–water partition coefficient (Wildman–Crippen LogP) is 1.97. The average molecular weight is 323 g/mol. The van der Waals surface area contributed by atoms with Crippen molar-refractivity contribution in [2.45, 2.75) is 57.2 Å². The highest BCUT2D eigenvalue weighted by molar-refractivity contribution is 7.99. The second-order valence-electron chi connectivity index (χ2n) is 5.65. The lowest BCUT2D eigenvalue weighted by atomic mass is 10.0. The first-order valence-corrected chi connectivity index (χ1v) is 8.61. The van der Waals surface area contributed by atoms with Gasteiger partial charge in [0.05, 0.1) is 11.9 Å². The highest BCUT2D eigenvalue weighted by Crippen LogP contribution is 2.17. The number of halogens is 1. The molecule has 2 aliphatic rings. The molecule has 2 heterocycles. The zero-order valence-electron chi connectivity index (χ0n) is 12.2. The van der Waals surface area contributed by atoms with Crippen LogP contribution in [-0.4, -0.2) is 48.8 Å². The van der Waals surface area contributed by atoms with Gasteiger partial charge in [-0.2, -0.15) is 0 Å². The fourth-order valence-corrected chi connectivity index (χ4v) is 3.67. The van der Waals surface area contributed by atoms with E-state index in [2.05, 4.69) is 17.6 Å². The highest BCUT2D eigenvalue weighted by Gasteiger charge is 2.20. The number of amides is 1. The van der Waals surface area contributed by atoms with Crippen LogP contribution < -0.4 is 10.6 Å². The van der Waals surface area contributed by atoms with E-state index in [1.807, 2.05) is 0 Å². The molecule has 0 spiro atoms. The third-order valence-corrected chi connectivity index (χ3v) is 4.87. The van der Waals surface area contributed by atoms with Crippen molar-refractivity contribution >= 4 is 30.1 Å². The highest BCUT2D eigenvalue weighted by atomic mass is 35.5. The molecule has 6 heteroatoms. The zero-order valence-corrected chi connectivity index (χ0v) is 13.9. The average Bonchev–Trinajstić information content (AvgIpc) is 2.40. The monoisotopic (exact) mass is 322 g/mol. The van der Waals surface area contributed by atoms with E-state index in [1.54, 1.807) is 11.8 Å². The largest absolute Gasteiger partial charge is 0.377 e. The maximum Gasteiger partial charge on any atom is 0.230 e. The number of nitrogens with one attached hydrogen (secondary N) is 2. The van der Waals surface area contributed by atoms with Crippen LogP contribution in [0, 0.1) is 0 Å². The van der Waals surface area contributed by atoms with Crippen LogP contribution in [-0.2, 0) is 9.53 Å². The summed E-state index contributed by atoms with van der Waals surface area (Å²) in [7, 11) is 0. The molecule has 1 amide bonds. The summed E-state index contributed by atoms with van der Waals surface area (Å²) in [6.07, 6.45) is 6.07. The van der Waals surface area contributed by atoms with Crippen LogP contribution >= 0.6 is 24.2 Å². The third kappa shape index (κ3) is 6.66. The van der Waals surface area contributed by atoms with Gasteiger partial charge < -0.3 is 15.4 Å². The fourth-order valence-electron chi connectivity index (χ4n) is 2.75. The lowest BCUT2D eigenvalue weighted by molar-refractivity contribution is -0.119. The predicted molar refractivity (Wildman–Crippen MR) is 86.8 cm³/mol. The van der Waals surface area contributed by atoms with Gasteiger partial charge in [-0.1, -0.05) is 0 Å². The van der Waals surface area contributed by atoms with E-state index in [0.29, 0.717) is 23.9 Å². The summed E-state index contributed by atoms with van der Waals surface area (Å²) in [4.78, 5) is 11.9. The van der Waals surface area contributed by atoms with Crippen molar-refractivity contribution in [3.05, 3.63) is 0 Å². The van der Waals surface area contributed by atoms with Gasteiger partial charge >= 0.3 is 0 Å². The quantitative estimate of drug-likeness (QED) is 0.812. The molecule has 0 saturated carbocycles. The molecule has 2 saturated heterocycles. The minimum absolute atomic E-state index is 0. The van der Waals surface area contributed by atoms with Gasteiger partial charge in [-0.3, -0.25) is 4.79 Å². The number of thioether (sulfide) groups is 1. The molecule has 0 radical (unpaired) electrons. The molecular weight excluding hydrogens is 296 g/mol. The van der Waals surface area contributed by atoms with Gasteiger partial charge in [0.2, 0.25) is 5.91 Å². The first-order valence-electron chi connectivity index (χ1n) is 7.46. The van der Waals surface area contributed by atoms with Crippen molar-refractivity contribution in [3.63, 3.8) is 0 Å². The van der Waals surface area contributed by atoms with Gasteiger partial charge in [0.25, 0.3) is 0 Å². The molecule has 0 aromatic heterocycles. The lowest BCUT2D eigenvalue weighted by Crippen LogP contribution is -2.47. The van der Waals surface area contributed by atoms with Gasteiger partial charge in [0.15, 0.2) is 0 Å². The molecule has 2 N–H and O–H groups in total. The zero-order chi connectivity index (χ0) is 13.5. The van der Waals surface area contributed by atoms with E-state index < -0.39 is 0 Å². The maximum absolute atomic E-state index is 11.9. The summed E-state index contributed by atoms with van der Waals surface area (Å²) in [6.45, 7) is 4.08. The molecule has 20 heavy (non-hydrogen) atoms. The second-order valence-corrected chi connectivity index (χ2v) is 6.68. The Labute approximate surface area is 132 Å². The molecular formula is C14H27ClN2O2S. The van der Waals surface area contributed by atoms with Gasteiger partial charge in [0, 0.05) is 24.4 Å². The van der Waals surface area contributed by atoms with E-state index in [9.17, 15) is 4.79 Å². The number of piperidine rings is 1. The molecule has 2 aliphatic heterocycles. The topological polar surface area (TPSA) is 50.4 Å². The van der Waals surface area contributed by atoms with Crippen LogP contribution in [0.3, 0.4) is 0 Å². The Morgan fingerprint density at radius 2 is 2.25 bits per heavy atom. The number of carbonyl (C=O) groups excluding carboxylic acids is 1. The Balaban J connectivity index is 0.00000200. The molecule has 2 fully saturated rings. The van der Waals surface area contributed by atoms with Crippen LogP contribution in [0.25, 0.3) is 0 Å². The maximum atomic E-state index is 11.9. The summed E-state index contributed by atoms with van der Waals surface area (Å²) in [5, 5.41) is 6.54. The summed E-state index contributed by atoms with van der Waals surface area (Å²) in [5.41, 5.74) is 0. The second kappa shape index (κ2) is 9.87. The number of hydrogen-bond donors (Lipinski definition) is 2. The Kier molecular flexibility index (Phi) is 8.93. The number of rotatable bonds is 5. The van der Waals surface area contributed by atoms with Gasteiger partial charge in [-0.25, -0.2) is 0 Å². The van der Waals surface area contributed by atoms with E-state index in [-0.39, 0.29) is 18.3 Å². The Hall–Kier alpha value is 0.0300. The first kappa shape index (κ1) is 18.1. The summed E-state index contributed by atoms with van der Waals surface area (Å²) < 4.78 is 5.66. The standard InChI is InChI=1S/C14H26N2O2S.ClH/c1-11-8-12(5-6-15-11)16-14(17)10-19-9-13-4-2-3-7-18-13;/h11-13,15H,2-10H2,1H3,(H,16,17);1H. The van der Waals surface area contributed by atoms with Gasteiger partial charge in [-0.15, -0.1) is 24.2 Å². The Morgan fingerprint density at radius 3 is 2.95 bits per heavy atom. The van der Waals surface area contributed by atoms with Crippen LogP contribution in [0.2, 0.25) is 0 Å². The molecule has 0 aromatic carbocycles. The van der Waals surface area contributed by atoms with Crippen LogP contribution in [0.15, 0.2) is 0 Å². The summed E-state index contributed by atoms with van der Waals surface area (Å²) >= 11 is 1.70. The van der Waals surface area contributed by atoms with Crippen LogP contribution in [0.1, 0.15) is 39.0 Å². The SMILES string of the molecule is CC1CC(NC(=O)CSCC2CCCCO2)CCN1.Cl. The van der Waals surface area contributed by atoms with E-state index in [1.165, 1.54) is 12.8 Å². The molecule has 2 rings (SSSR count). The molecule has 118 valence electrons. The Morgan fingerprint density at radius 1 is 1.40 bits per heavy atom. The Bertz CT molecular complexity index is 288. The number of carbonyl (C=O) groups is 1. The molecule has 0 aromatic rings. The van der Waals surface area contributed by atoms with Crippen molar-refractivity contribution in [1.82, 2.24) is 10.6 Å². The lowest BCUT2D eigenvalue weighted by Gasteiger charge is -2.28.